The number of rotatable bonds is 4. The summed E-state index contributed by atoms with van der Waals surface area (Å²) < 4.78 is 6.06. The number of ether oxygens (including phenoxy) is 1. The highest BCUT2D eigenvalue weighted by molar-refractivity contribution is 9.10. The first-order chi connectivity index (χ1) is 15.3. The van der Waals surface area contributed by atoms with Crippen LogP contribution in [0.15, 0.2) is 59.1 Å². The van der Waals surface area contributed by atoms with Crippen LogP contribution < -0.4 is 10.1 Å². The molecule has 1 heterocycles. The van der Waals surface area contributed by atoms with Crippen LogP contribution in [0.3, 0.4) is 0 Å². The molecule has 0 aliphatic carbocycles. The second-order valence-corrected chi connectivity index (χ2v) is 8.98. The van der Waals surface area contributed by atoms with E-state index in [-0.39, 0.29) is 5.91 Å². The summed E-state index contributed by atoms with van der Waals surface area (Å²) in [5.74, 6) is 0.556. The molecule has 0 saturated heterocycles. The van der Waals surface area contributed by atoms with Crippen LogP contribution in [0.4, 0.5) is 5.69 Å². The van der Waals surface area contributed by atoms with E-state index < -0.39 is 0 Å². The number of aromatic nitrogens is 1. The van der Waals surface area contributed by atoms with Gasteiger partial charge in [0.1, 0.15) is 5.75 Å². The summed E-state index contributed by atoms with van der Waals surface area (Å²) in [5, 5.41) is 4.43. The summed E-state index contributed by atoms with van der Waals surface area (Å²) >= 11 is 9.78. The van der Waals surface area contributed by atoms with E-state index in [0.29, 0.717) is 16.3 Å². The molecule has 0 aliphatic rings. The molecule has 0 unspecified atom stereocenters. The predicted molar refractivity (Wildman–Crippen MR) is 135 cm³/mol. The van der Waals surface area contributed by atoms with Gasteiger partial charge in [0.2, 0.25) is 0 Å². The second-order valence-electron chi connectivity index (χ2n) is 7.75. The third-order valence-corrected chi connectivity index (χ3v) is 6.84. The molecule has 1 aromatic heterocycles. The summed E-state index contributed by atoms with van der Waals surface area (Å²) in [7, 11) is 1.63. The average molecular weight is 510 g/mol. The zero-order chi connectivity index (χ0) is 23.0. The molecule has 0 saturated carbocycles. The molecule has 4 rings (SSSR count). The zero-order valence-electron chi connectivity index (χ0n) is 18.2. The summed E-state index contributed by atoms with van der Waals surface area (Å²) in [6, 6.07) is 17.2. The van der Waals surface area contributed by atoms with Gasteiger partial charge in [-0.1, -0.05) is 23.2 Å². The molecule has 0 radical (unpaired) electrons. The van der Waals surface area contributed by atoms with Gasteiger partial charge in [-0.3, -0.25) is 4.79 Å². The van der Waals surface area contributed by atoms with E-state index in [2.05, 4.69) is 27.3 Å². The lowest BCUT2D eigenvalue weighted by atomic mass is 9.99. The molecule has 1 N–H and O–H groups in total. The van der Waals surface area contributed by atoms with Crippen LogP contribution in [-0.2, 0) is 0 Å². The Kier molecular flexibility index (Phi) is 6.22. The quantitative estimate of drug-likeness (QED) is 0.310. The molecular formula is C26H22BrClN2O2. The molecule has 0 atom stereocenters. The first-order valence-corrected chi connectivity index (χ1v) is 11.3. The Labute approximate surface area is 200 Å². The van der Waals surface area contributed by atoms with Gasteiger partial charge >= 0.3 is 0 Å². The lowest BCUT2D eigenvalue weighted by molar-refractivity contribution is 0.102. The van der Waals surface area contributed by atoms with Crippen molar-refractivity contribution in [3.63, 3.8) is 0 Å². The van der Waals surface area contributed by atoms with Crippen LogP contribution in [-0.4, -0.2) is 18.0 Å². The number of hydrogen-bond acceptors (Lipinski definition) is 3. The summed E-state index contributed by atoms with van der Waals surface area (Å²) in [5.41, 5.74) is 6.57. The van der Waals surface area contributed by atoms with Crippen molar-refractivity contribution in [3.8, 4) is 17.0 Å². The minimum Gasteiger partial charge on any atom is -0.497 e. The number of pyridine rings is 1. The van der Waals surface area contributed by atoms with Crippen LogP contribution in [0.25, 0.3) is 22.2 Å². The van der Waals surface area contributed by atoms with Crippen LogP contribution in [0, 0.1) is 20.8 Å². The van der Waals surface area contributed by atoms with Gasteiger partial charge in [-0.15, -0.1) is 0 Å². The van der Waals surface area contributed by atoms with Crippen LogP contribution in [0.1, 0.15) is 27.0 Å². The van der Waals surface area contributed by atoms with Crippen molar-refractivity contribution < 1.29 is 9.53 Å². The van der Waals surface area contributed by atoms with E-state index in [1.54, 1.807) is 7.11 Å². The molecule has 162 valence electrons. The number of carbonyl (C=O) groups excluding carboxylic acids is 1. The lowest BCUT2D eigenvalue weighted by Crippen LogP contribution is -2.14. The zero-order valence-corrected chi connectivity index (χ0v) is 20.6. The Balaban J connectivity index is 1.86. The normalized spacial score (nSPS) is 10.9. The van der Waals surface area contributed by atoms with Gasteiger partial charge in [-0.25, -0.2) is 4.98 Å². The number of halogens is 2. The van der Waals surface area contributed by atoms with E-state index in [1.807, 2.05) is 69.3 Å². The first-order valence-electron chi connectivity index (χ1n) is 10.1. The maximum absolute atomic E-state index is 13.5. The predicted octanol–water partition coefficient (Wildman–Crippen LogP) is 7.50. The fourth-order valence-corrected chi connectivity index (χ4v) is 4.35. The Morgan fingerprint density at radius 1 is 1.03 bits per heavy atom. The minimum absolute atomic E-state index is 0.210. The maximum atomic E-state index is 13.5. The van der Waals surface area contributed by atoms with Gasteiger partial charge in [0.25, 0.3) is 5.91 Å². The molecule has 0 spiro atoms. The monoisotopic (exact) mass is 508 g/mol. The molecule has 1 amide bonds. The molecule has 4 aromatic rings. The number of benzene rings is 3. The summed E-state index contributed by atoms with van der Waals surface area (Å²) in [6.45, 7) is 5.91. The number of methoxy groups -OCH3 is 1. The van der Waals surface area contributed by atoms with Crippen molar-refractivity contribution in [2.24, 2.45) is 0 Å². The number of aryl methyl sites for hydroxylation is 2. The smallest absolute Gasteiger partial charge is 0.256 e. The van der Waals surface area contributed by atoms with Crippen LogP contribution in [0.5, 0.6) is 5.75 Å². The molecule has 32 heavy (non-hydrogen) atoms. The lowest BCUT2D eigenvalue weighted by Gasteiger charge is -2.15. The first kappa shape index (κ1) is 22.3. The molecule has 4 nitrogen and oxygen atoms in total. The highest BCUT2D eigenvalue weighted by Crippen LogP contribution is 2.33. The fraction of sp³-hybridized carbons (Fsp3) is 0.154. The van der Waals surface area contributed by atoms with E-state index in [4.69, 9.17) is 21.3 Å². The number of nitrogens with zero attached hydrogens (tertiary/aromatic N) is 1. The number of carbonyl (C=O) groups is 1. The van der Waals surface area contributed by atoms with Crippen molar-refractivity contribution in [2.75, 3.05) is 12.4 Å². The van der Waals surface area contributed by atoms with Gasteiger partial charge in [0.15, 0.2) is 0 Å². The fourth-order valence-electron chi connectivity index (χ4n) is 3.76. The SMILES string of the molecule is COc1ccc(-c2cc(C(=O)Nc3ccc(Br)c(Cl)c3C)c3cc(C)cc(C)c3n2)cc1. The number of fused-ring (bicyclic) bond motifs is 1. The molecule has 6 heteroatoms. The summed E-state index contributed by atoms with van der Waals surface area (Å²) in [4.78, 5) is 18.4. The molecule has 3 aromatic carbocycles. The minimum atomic E-state index is -0.210. The number of anilines is 1. The second kappa shape index (κ2) is 8.93. The van der Waals surface area contributed by atoms with E-state index in [0.717, 1.165) is 49.1 Å². The van der Waals surface area contributed by atoms with Crippen LogP contribution >= 0.6 is 27.5 Å². The maximum Gasteiger partial charge on any atom is 0.256 e. The standard InChI is InChI=1S/C26H22BrClN2O2/c1-14-11-15(2)25-19(12-14)20(13-23(29-25)17-5-7-18(32-4)8-6-17)26(31)30-22-10-9-21(27)24(28)16(22)3/h5-13H,1-4H3,(H,30,31). The summed E-state index contributed by atoms with van der Waals surface area (Å²) in [6.07, 6.45) is 0. The van der Waals surface area contributed by atoms with Gasteiger partial charge in [-0.05, 0) is 96.4 Å². The van der Waals surface area contributed by atoms with Crippen LogP contribution in [0.2, 0.25) is 5.02 Å². The van der Waals surface area contributed by atoms with Gasteiger partial charge in [0, 0.05) is 21.1 Å². The number of nitrogens with one attached hydrogen (secondary N) is 1. The van der Waals surface area contributed by atoms with Crippen molar-refractivity contribution in [1.29, 1.82) is 0 Å². The Morgan fingerprint density at radius 3 is 2.44 bits per heavy atom. The van der Waals surface area contributed by atoms with Crippen molar-refractivity contribution >= 4 is 50.0 Å². The third kappa shape index (κ3) is 4.23. The Morgan fingerprint density at radius 2 is 1.75 bits per heavy atom. The van der Waals surface area contributed by atoms with Crippen molar-refractivity contribution in [2.45, 2.75) is 20.8 Å². The highest BCUT2D eigenvalue weighted by Gasteiger charge is 2.17. The molecule has 0 aliphatic heterocycles. The Bertz CT molecular complexity index is 1350. The molecular weight excluding hydrogens is 488 g/mol. The average Bonchev–Trinajstić information content (AvgIpc) is 2.79. The topological polar surface area (TPSA) is 51.2 Å². The van der Waals surface area contributed by atoms with Crippen molar-refractivity contribution in [1.82, 2.24) is 4.98 Å². The van der Waals surface area contributed by atoms with E-state index in [9.17, 15) is 4.79 Å². The highest BCUT2D eigenvalue weighted by atomic mass is 79.9. The largest absolute Gasteiger partial charge is 0.497 e. The van der Waals surface area contributed by atoms with Gasteiger partial charge in [-0.2, -0.15) is 0 Å². The number of amides is 1. The third-order valence-electron chi connectivity index (χ3n) is 5.47. The van der Waals surface area contributed by atoms with Gasteiger partial charge < -0.3 is 10.1 Å². The van der Waals surface area contributed by atoms with Crippen molar-refractivity contribution in [3.05, 3.63) is 86.3 Å². The van der Waals surface area contributed by atoms with E-state index >= 15 is 0 Å². The molecule has 0 fully saturated rings. The van der Waals surface area contributed by atoms with E-state index in [1.165, 1.54) is 0 Å². The molecule has 0 bridgehead atoms. The number of hydrogen-bond donors (Lipinski definition) is 1. The van der Waals surface area contributed by atoms with Gasteiger partial charge in [0.05, 0.1) is 28.9 Å². The Hall–Kier alpha value is -2.89.